The van der Waals surface area contributed by atoms with Gasteiger partial charge in [0.1, 0.15) is 18.4 Å². The first-order valence-corrected chi connectivity index (χ1v) is 13.8. The minimum absolute atomic E-state index is 0.0868. The standard InChI is InChI=1S/C30H30N2O7S/c1-2-3-16-39-29(36)31-24(28(34)35)18-20-9-12-23(13-10-20)38-17-15-32-25-14-11-22(19-26(25)40-30(32)37)27(33)21-7-5-4-6-8-21/h4-14,19,24H,2-3,15-18H2,1H3,(H,31,36)(H,34,35). The lowest BCUT2D eigenvalue weighted by Crippen LogP contribution is -2.42. The topological polar surface area (TPSA) is 124 Å². The van der Waals surface area contributed by atoms with Gasteiger partial charge in [-0.2, -0.15) is 0 Å². The number of unbranched alkanes of at least 4 members (excludes halogenated alkanes) is 1. The Morgan fingerprint density at radius 3 is 2.42 bits per heavy atom. The predicted octanol–water partition coefficient (Wildman–Crippen LogP) is 4.90. The van der Waals surface area contributed by atoms with Gasteiger partial charge in [0.05, 0.1) is 23.4 Å². The third-order valence-electron chi connectivity index (χ3n) is 6.23. The van der Waals surface area contributed by atoms with E-state index in [9.17, 15) is 24.3 Å². The number of rotatable bonds is 13. The zero-order valence-electron chi connectivity index (χ0n) is 22.0. The number of carbonyl (C=O) groups is 3. The van der Waals surface area contributed by atoms with Gasteiger partial charge in [-0.3, -0.25) is 14.2 Å². The molecule has 1 atom stereocenters. The lowest BCUT2D eigenvalue weighted by Gasteiger charge is -2.15. The summed E-state index contributed by atoms with van der Waals surface area (Å²) in [4.78, 5) is 48.7. The number of hydrogen-bond acceptors (Lipinski definition) is 7. The van der Waals surface area contributed by atoms with E-state index in [1.807, 2.05) is 25.1 Å². The van der Waals surface area contributed by atoms with Gasteiger partial charge in [0.2, 0.25) is 0 Å². The van der Waals surface area contributed by atoms with Crippen LogP contribution in [0.2, 0.25) is 0 Å². The van der Waals surface area contributed by atoms with Gasteiger partial charge in [-0.15, -0.1) is 0 Å². The first kappa shape index (κ1) is 28.6. The van der Waals surface area contributed by atoms with Gasteiger partial charge in [-0.05, 0) is 42.3 Å². The zero-order valence-corrected chi connectivity index (χ0v) is 22.8. The third-order valence-corrected chi connectivity index (χ3v) is 7.18. The van der Waals surface area contributed by atoms with Crippen LogP contribution in [0.1, 0.15) is 41.3 Å². The number of amides is 1. The average Bonchev–Trinajstić information content (AvgIpc) is 3.27. The van der Waals surface area contributed by atoms with Crippen molar-refractivity contribution in [2.75, 3.05) is 13.2 Å². The lowest BCUT2D eigenvalue weighted by atomic mass is 10.0. The second-order valence-electron chi connectivity index (χ2n) is 9.12. The molecule has 1 aromatic heterocycles. The van der Waals surface area contributed by atoms with Crippen LogP contribution in [-0.2, 0) is 22.5 Å². The van der Waals surface area contributed by atoms with Crippen molar-refractivity contribution in [1.29, 1.82) is 0 Å². The summed E-state index contributed by atoms with van der Waals surface area (Å²) in [5.41, 5.74) is 2.55. The molecule has 1 heterocycles. The summed E-state index contributed by atoms with van der Waals surface area (Å²) in [6.07, 6.45) is 0.906. The summed E-state index contributed by atoms with van der Waals surface area (Å²) in [6, 6.07) is 20.0. The van der Waals surface area contributed by atoms with E-state index in [0.717, 1.165) is 28.0 Å². The Kier molecular flexibility index (Phi) is 9.69. The normalized spacial score (nSPS) is 11.6. The van der Waals surface area contributed by atoms with E-state index in [1.54, 1.807) is 59.2 Å². The Balaban J connectivity index is 1.33. The van der Waals surface area contributed by atoms with Crippen LogP contribution in [0.5, 0.6) is 5.75 Å². The van der Waals surface area contributed by atoms with Crippen LogP contribution in [0, 0.1) is 0 Å². The zero-order chi connectivity index (χ0) is 28.5. The van der Waals surface area contributed by atoms with Crippen LogP contribution in [0.3, 0.4) is 0 Å². The number of nitrogens with zero attached hydrogens (tertiary/aromatic N) is 1. The minimum Gasteiger partial charge on any atom is -0.492 e. The van der Waals surface area contributed by atoms with Crippen molar-refractivity contribution >= 4 is 39.4 Å². The Bertz CT molecular complexity index is 1530. The summed E-state index contributed by atoms with van der Waals surface area (Å²) in [7, 11) is 0. The lowest BCUT2D eigenvalue weighted by molar-refractivity contribution is -0.139. The number of carboxylic acids is 1. The second kappa shape index (κ2) is 13.6. The largest absolute Gasteiger partial charge is 0.492 e. The Labute approximate surface area is 235 Å². The van der Waals surface area contributed by atoms with Crippen molar-refractivity contribution in [1.82, 2.24) is 9.88 Å². The van der Waals surface area contributed by atoms with Crippen molar-refractivity contribution in [3.63, 3.8) is 0 Å². The molecule has 208 valence electrons. The first-order valence-electron chi connectivity index (χ1n) is 13.0. The van der Waals surface area contributed by atoms with Crippen LogP contribution >= 0.6 is 11.3 Å². The number of hydrogen-bond donors (Lipinski definition) is 2. The van der Waals surface area contributed by atoms with E-state index in [0.29, 0.717) is 35.4 Å². The monoisotopic (exact) mass is 562 g/mol. The highest BCUT2D eigenvalue weighted by molar-refractivity contribution is 7.16. The van der Waals surface area contributed by atoms with Crippen LogP contribution in [0.15, 0.2) is 77.6 Å². The molecule has 3 aromatic carbocycles. The van der Waals surface area contributed by atoms with Crippen LogP contribution in [0.25, 0.3) is 10.2 Å². The quantitative estimate of drug-likeness (QED) is 0.176. The van der Waals surface area contributed by atoms with Gasteiger partial charge in [0.25, 0.3) is 0 Å². The molecule has 1 unspecified atom stereocenters. The van der Waals surface area contributed by atoms with Crippen LogP contribution < -0.4 is 14.9 Å². The number of aliphatic carboxylic acids is 1. The minimum atomic E-state index is -1.15. The molecule has 0 radical (unpaired) electrons. The maximum atomic E-state index is 12.8. The van der Waals surface area contributed by atoms with Crippen LogP contribution in [-0.4, -0.2) is 46.8 Å². The van der Waals surface area contributed by atoms with Gasteiger partial charge in [-0.1, -0.05) is 67.1 Å². The Morgan fingerprint density at radius 1 is 0.975 bits per heavy atom. The number of nitrogens with one attached hydrogen (secondary N) is 1. The molecule has 0 bridgehead atoms. The van der Waals surface area contributed by atoms with E-state index < -0.39 is 18.1 Å². The summed E-state index contributed by atoms with van der Waals surface area (Å²) in [5, 5.41) is 11.9. The third kappa shape index (κ3) is 7.35. The summed E-state index contributed by atoms with van der Waals surface area (Å²) in [6.45, 7) is 2.75. The van der Waals surface area contributed by atoms with Crippen molar-refractivity contribution in [3.8, 4) is 5.75 Å². The van der Waals surface area contributed by atoms with Gasteiger partial charge < -0.3 is 19.9 Å². The molecule has 0 aliphatic heterocycles. The molecule has 0 aliphatic carbocycles. The summed E-state index contributed by atoms with van der Waals surface area (Å²) >= 11 is 1.08. The van der Waals surface area contributed by atoms with E-state index in [2.05, 4.69) is 5.32 Å². The Morgan fingerprint density at radius 2 is 1.73 bits per heavy atom. The molecule has 1 amide bonds. The highest BCUT2D eigenvalue weighted by Gasteiger charge is 2.21. The molecule has 4 rings (SSSR count). The second-order valence-corrected chi connectivity index (χ2v) is 10.1. The number of aromatic nitrogens is 1. The van der Waals surface area contributed by atoms with Gasteiger partial charge >= 0.3 is 16.9 Å². The van der Waals surface area contributed by atoms with E-state index in [-0.39, 0.29) is 30.3 Å². The van der Waals surface area contributed by atoms with Gasteiger partial charge in [0.15, 0.2) is 5.78 Å². The fourth-order valence-electron chi connectivity index (χ4n) is 4.08. The van der Waals surface area contributed by atoms with E-state index in [1.165, 1.54) is 0 Å². The number of fused-ring (bicyclic) bond motifs is 1. The highest BCUT2D eigenvalue weighted by atomic mass is 32.1. The molecule has 40 heavy (non-hydrogen) atoms. The molecule has 0 saturated heterocycles. The smallest absolute Gasteiger partial charge is 0.407 e. The molecule has 0 spiro atoms. The molecule has 0 aliphatic rings. The fourth-order valence-corrected chi connectivity index (χ4v) is 5.04. The number of thiazole rings is 1. The van der Waals surface area contributed by atoms with E-state index in [4.69, 9.17) is 9.47 Å². The van der Waals surface area contributed by atoms with Crippen molar-refractivity contribution < 1.29 is 29.0 Å². The van der Waals surface area contributed by atoms with Crippen molar-refractivity contribution in [2.24, 2.45) is 0 Å². The first-order chi connectivity index (χ1) is 19.4. The molecule has 10 heteroatoms. The number of ketones is 1. The summed E-state index contributed by atoms with van der Waals surface area (Å²) < 4.78 is 13.2. The van der Waals surface area contributed by atoms with Crippen molar-refractivity contribution in [2.45, 2.75) is 38.8 Å². The Hall–Kier alpha value is -4.44. The van der Waals surface area contributed by atoms with Crippen LogP contribution in [0.4, 0.5) is 4.79 Å². The SMILES string of the molecule is CCCCOC(=O)NC(Cc1ccc(OCCn2c(=O)sc3cc(C(=O)c4ccccc4)ccc32)cc1)C(=O)O. The molecule has 0 fully saturated rings. The number of ether oxygens (including phenoxy) is 2. The number of benzene rings is 3. The fraction of sp³-hybridized carbons (Fsp3) is 0.267. The molecular formula is C30H30N2O7S. The van der Waals surface area contributed by atoms with Crippen molar-refractivity contribution in [3.05, 3.63) is 99.2 Å². The van der Waals surface area contributed by atoms with Gasteiger partial charge in [0, 0.05) is 17.5 Å². The van der Waals surface area contributed by atoms with Gasteiger partial charge in [-0.25, -0.2) is 9.59 Å². The highest BCUT2D eigenvalue weighted by Crippen LogP contribution is 2.21. The van der Waals surface area contributed by atoms with E-state index >= 15 is 0 Å². The average molecular weight is 563 g/mol. The molecule has 0 saturated carbocycles. The maximum absolute atomic E-state index is 12.8. The molecule has 9 nitrogen and oxygen atoms in total. The molecule has 2 N–H and O–H groups in total. The molecular weight excluding hydrogens is 532 g/mol. The number of carbonyl (C=O) groups excluding carboxylic acids is 2. The summed E-state index contributed by atoms with van der Waals surface area (Å²) in [5.74, 6) is -0.692. The number of alkyl carbamates (subject to hydrolysis) is 1. The predicted molar refractivity (Wildman–Crippen MR) is 152 cm³/mol. The molecule has 4 aromatic rings. The maximum Gasteiger partial charge on any atom is 0.407 e. The number of carboxylic acid groups (broad SMARTS) is 1.